The minimum Gasteiger partial charge on any atom is -0.508 e. The van der Waals surface area contributed by atoms with Gasteiger partial charge in [-0.15, -0.1) is 0 Å². The molecule has 2 heteroatoms. The highest BCUT2D eigenvalue weighted by Gasteiger charge is 2.06. The molecule has 0 aromatic heterocycles. The Morgan fingerprint density at radius 2 is 2.21 bits per heavy atom. The lowest BCUT2D eigenvalue weighted by Gasteiger charge is -2.22. The van der Waals surface area contributed by atoms with Crippen molar-refractivity contribution in [2.24, 2.45) is 0 Å². The standard InChI is InChI=1S/C12H15NO/c14-12-6-4-5-11(9-12)10-13-7-2-1-3-8-13/h1-2,4-6,9,14H,3,7-8,10H2. The molecule has 1 aliphatic heterocycles. The fourth-order valence-electron chi connectivity index (χ4n) is 1.75. The molecule has 2 nitrogen and oxygen atoms in total. The van der Waals surface area contributed by atoms with Crippen LogP contribution in [0, 0.1) is 0 Å². The topological polar surface area (TPSA) is 23.5 Å². The zero-order valence-electron chi connectivity index (χ0n) is 8.19. The van der Waals surface area contributed by atoms with Crippen molar-refractivity contribution in [1.29, 1.82) is 0 Å². The molecule has 0 atom stereocenters. The summed E-state index contributed by atoms with van der Waals surface area (Å²) in [4.78, 5) is 2.37. The fraction of sp³-hybridized carbons (Fsp3) is 0.333. The number of benzene rings is 1. The third-order valence-electron chi connectivity index (χ3n) is 2.46. The van der Waals surface area contributed by atoms with Gasteiger partial charge in [0.15, 0.2) is 0 Å². The van der Waals surface area contributed by atoms with E-state index >= 15 is 0 Å². The van der Waals surface area contributed by atoms with E-state index in [1.165, 1.54) is 5.56 Å². The Morgan fingerprint density at radius 3 is 2.93 bits per heavy atom. The van der Waals surface area contributed by atoms with Gasteiger partial charge >= 0.3 is 0 Å². The van der Waals surface area contributed by atoms with Crippen molar-refractivity contribution in [3.63, 3.8) is 0 Å². The highest BCUT2D eigenvalue weighted by Crippen LogP contribution is 2.14. The Morgan fingerprint density at radius 1 is 1.29 bits per heavy atom. The second-order valence-corrected chi connectivity index (χ2v) is 3.67. The summed E-state index contributed by atoms with van der Waals surface area (Å²) in [7, 11) is 0. The summed E-state index contributed by atoms with van der Waals surface area (Å²) in [5, 5.41) is 9.31. The maximum absolute atomic E-state index is 9.31. The van der Waals surface area contributed by atoms with Crippen LogP contribution in [0.25, 0.3) is 0 Å². The molecule has 2 rings (SSSR count). The predicted molar refractivity (Wildman–Crippen MR) is 57.1 cm³/mol. The van der Waals surface area contributed by atoms with E-state index in [1.807, 2.05) is 12.1 Å². The van der Waals surface area contributed by atoms with Gasteiger partial charge in [-0.1, -0.05) is 24.3 Å². The van der Waals surface area contributed by atoms with E-state index in [4.69, 9.17) is 0 Å². The van der Waals surface area contributed by atoms with Crippen LogP contribution in [0.3, 0.4) is 0 Å². The Bertz CT molecular complexity index is 333. The van der Waals surface area contributed by atoms with Crippen LogP contribution in [-0.4, -0.2) is 23.1 Å². The SMILES string of the molecule is Oc1cccc(CN2CC=CCC2)c1. The predicted octanol–water partition coefficient (Wildman–Crippen LogP) is 2.15. The van der Waals surface area contributed by atoms with Gasteiger partial charge in [0.25, 0.3) is 0 Å². The van der Waals surface area contributed by atoms with Gasteiger partial charge in [-0.05, 0) is 24.1 Å². The van der Waals surface area contributed by atoms with Crippen molar-refractivity contribution in [2.45, 2.75) is 13.0 Å². The number of hydrogen-bond acceptors (Lipinski definition) is 2. The Hall–Kier alpha value is -1.28. The van der Waals surface area contributed by atoms with Crippen LogP contribution in [0.2, 0.25) is 0 Å². The average molecular weight is 189 g/mol. The summed E-state index contributed by atoms with van der Waals surface area (Å²) in [6, 6.07) is 7.49. The first kappa shape index (κ1) is 9.28. The Balaban J connectivity index is 1.99. The van der Waals surface area contributed by atoms with Crippen molar-refractivity contribution in [2.75, 3.05) is 13.1 Å². The molecule has 0 aliphatic carbocycles. The monoisotopic (exact) mass is 189 g/mol. The molecular weight excluding hydrogens is 174 g/mol. The molecule has 0 radical (unpaired) electrons. The highest BCUT2D eigenvalue weighted by atomic mass is 16.3. The summed E-state index contributed by atoms with van der Waals surface area (Å²) in [6.45, 7) is 3.07. The van der Waals surface area contributed by atoms with Gasteiger partial charge in [-0.2, -0.15) is 0 Å². The van der Waals surface area contributed by atoms with Crippen molar-refractivity contribution in [3.8, 4) is 5.75 Å². The molecule has 0 bridgehead atoms. The first-order valence-electron chi connectivity index (χ1n) is 5.00. The van der Waals surface area contributed by atoms with E-state index in [1.54, 1.807) is 6.07 Å². The summed E-state index contributed by atoms with van der Waals surface area (Å²) in [6.07, 6.45) is 5.56. The largest absolute Gasteiger partial charge is 0.508 e. The second-order valence-electron chi connectivity index (χ2n) is 3.67. The number of hydrogen-bond donors (Lipinski definition) is 1. The van der Waals surface area contributed by atoms with E-state index in [0.717, 1.165) is 26.1 Å². The molecule has 1 aliphatic rings. The van der Waals surface area contributed by atoms with E-state index in [0.29, 0.717) is 5.75 Å². The number of rotatable bonds is 2. The van der Waals surface area contributed by atoms with Gasteiger partial charge in [0.1, 0.15) is 5.75 Å². The molecule has 1 aromatic rings. The molecule has 0 saturated carbocycles. The van der Waals surface area contributed by atoms with Crippen LogP contribution < -0.4 is 0 Å². The van der Waals surface area contributed by atoms with Crippen LogP contribution in [0.5, 0.6) is 5.75 Å². The Labute approximate surface area is 84.5 Å². The Kier molecular flexibility index (Phi) is 2.84. The third-order valence-corrected chi connectivity index (χ3v) is 2.46. The maximum atomic E-state index is 9.31. The lowest BCUT2D eigenvalue weighted by Crippen LogP contribution is -2.26. The zero-order valence-corrected chi connectivity index (χ0v) is 8.19. The van der Waals surface area contributed by atoms with Crippen LogP contribution >= 0.6 is 0 Å². The van der Waals surface area contributed by atoms with Crippen LogP contribution in [0.1, 0.15) is 12.0 Å². The zero-order chi connectivity index (χ0) is 9.80. The molecule has 0 fully saturated rings. The molecule has 0 spiro atoms. The first-order chi connectivity index (χ1) is 6.84. The number of aromatic hydroxyl groups is 1. The number of nitrogens with zero attached hydrogens (tertiary/aromatic N) is 1. The summed E-state index contributed by atoms with van der Waals surface area (Å²) in [5.74, 6) is 0.357. The third kappa shape index (κ3) is 2.36. The summed E-state index contributed by atoms with van der Waals surface area (Å²) < 4.78 is 0. The molecule has 74 valence electrons. The molecule has 0 unspecified atom stereocenters. The van der Waals surface area contributed by atoms with Gasteiger partial charge in [-0.25, -0.2) is 0 Å². The van der Waals surface area contributed by atoms with Crippen molar-refractivity contribution >= 4 is 0 Å². The van der Waals surface area contributed by atoms with Gasteiger partial charge in [-0.3, -0.25) is 4.90 Å². The fourth-order valence-corrected chi connectivity index (χ4v) is 1.75. The summed E-state index contributed by atoms with van der Waals surface area (Å²) >= 11 is 0. The van der Waals surface area contributed by atoms with Crippen molar-refractivity contribution < 1.29 is 5.11 Å². The summed E-state index contributed by atoms with van der Waals surface area (Å²) in [5.41, 5.74) is 1.18. The molecule has 1 aromatic carbocycles. The highest BCUT2D eigenvalue weighted by molar-refractivity contribution is 5.27. The minimum atomic E-state index is 0.357. The van der Waals surface area contributed by atoms with Crippen LogP contribution in [0.15, 0.2) is 36.4 Å². The minimum absolute atomic E-state index is 0.357. The molecule has 0 amide bonds. The van der Waals surface area contributed by atoms with Crippen LogP contribution in [-0.2, 0) is 6.54 Å². The van der Waals surface area contributed by atoms with E-state index in [-0.39, 0.29) is 0 Å². The van der Waals surface area contributed by atoms with Gasteiger partial charge in [0.05, 0.1) is 0 Å². The first-order valence-corrected chi connectivity index (χ1v) is 5.00. The molecule has 1 heterocycles. The molecule has 0 saturated heterocycles. The van der Waals surface area contributed by atoms with Crippen LogP contribution in [0.4, 0.5) is 0 Å². The van der Waals surface area contributed by atoms with Gasteiger partial charge in [0.2, 0.25) is 0 Å². The maximum Gasteiger partial charge on any atom is 0.115 e. The molecule has 1 N–H and O–H groups in total. The quantitative estimate of drug-likeness (QED) is 0.721. The second kappa shape index (κ2) is 4.29. The van der Waals surface area contributed by atoms with E-state index in [9.17, 15) is 5.11 Å². The smallest absolute Gasteiger partial charge is 0.115 e. The average Bonchev–Trinajstić information content (AvgIpc) is 2.19. The lowest BCUT2D eigenvalue weighted by atomic mass is 10.1. The number of phenolic OH excluding ortho intramolecular Hbond substituents is 1. The lowest BCUT2D eigenvalue weighted by molar-refractivity contribution is 0.290. The normalized spacial score (nSPS) is 17.1. The van der Waals surface area contributed by atoms with E-state index in [2.05, 4.69) is 23.1 Å². The number of phenols is 1. The molecular formula is C12H15NO. The van der Waals surface area contributed by atoms with E-state index < -0.39 is 0 Å². The van der Waals surface area contributed by atoms with Crippen molar-refractivity contribution in [3.05, 3.63) is 42.0 Å². The molecule has 14 heavy (non-hydrogen) atoms. The van der Waals surface area contributed by atoms with Gasteiger partial charge < -0.3 is 5.11 Å². The van der Waals surface area contributed by atoms with Gasteiger partial charge in [0, 0.05) is 19.6 Å². The van der Waals surface area contributed by atoms with Crippen molar-refractivity contribution in [1.82, 2.24) is 4.90 Å².